The molecule has 0 atom stereocenters. The summed E-state index contributed by atoms with van der Waals surface area (Å²) in [7, 11) is -3.76. The lowest BCUT2D eigenvalue weighted by molar-refractivity contribution is 0.294. The molecule has 0 amide bonds. The van der Waals surface area contributed by atoms with Crippen molar-refractivity contribution in [2.24, 2.45) is 10.9 Å². The second-order valence-corrected chi connectivity index (χ2v) is 8.82. The quantitative estimate of drug-likeness (QED) is 0.335. The molecule has 0 aromatic carbocycles. The van der Waals surface area contributed by atoms with E-state index in [1.165, 1.54) is 6.07 Å². The minimum absolute atomic E-state index is 0.0925. The first-order valence-corrected chi connectivity index (χ1v) is 9.26. The monoisotopic (exact) mass is 351 g/mol. The molecular weight excluding hydrogens is 334 g/mol. The number of nitrogens with one attached hydrogen (secondary N) is 1. The van der Waals surface area contributed by atoms with Gasteiger partial charge in [-0.25, -0.2) is 8.42 Å². The van der Waals surface area contributed by atoms with Crippen LogP contribution in [0.15, 0.2) is 15.4 Å². The average Bonchev–Trinajstić information content (AvgIpc) is 2.79. The first-order valence-electron chi connectivity index (χ1n) is 6.59. The third-order valence-corrected chi connectivity index (χ3v) is 7.30. The summed E-state index contributed by atoms with van der Waals surface area (Å²) in [6.45, 7) is 1.75. The Bertz CT molecular complexity index is 629. The van der Waals surface area contributed by atoms with Gasteiger partial charge in [0.2, 0.25) is 0 Å². The molecule has 9 heteroatoms. The molecular formula is C12H18ClN3O3S2. The fourth-order valence-corrected chi connectivity index (χ4v) is 5.68. The van der Waals surface area contributed by atoms with Crippen LogP contribution in [0.1, 0.15) is 37.7 Å². The maximum atomic E-state index is 12.5. The number of nitrogens with zero attached hydrogens (tertiary/aromatic N) is 1. The highest BCUT2D eigenvalue weighted by Crippen LogP contribution is 2.34. The summed E-state index contributed by atoms with van der Waals surface area (Å²) in [6.07, 6.45) is 3.68. The molecule has 6 nitrogen and oxygen atoms in total. The highest BCUT2D eigenvalue weighted by molar-refractivity contribution is 7.91. The van der Waals surface area contributed by atoms with Gasteiger partial charge in [0.05, 0.1) is 9.88 Å². The van der Waals surface area contributed by atoms with Gasteiger partial charge in [-0.05, 0) is 31.4 Å². The maximum absolute atomic E-state index is 12.5. The minimum atomic E-state index is -3.76. The molecule has 21 heavy (non-hydrogen) atoms. The molecule has 4 N–H and O–H groups in total. The molecule has 0 bridgehead atoms. The Labute approximate surface area is 133 Å². The lowest BCUT2D eigenvalue weighted by Gasteiger charge is -2.36. The zero-order valence-electron chi connectivity index (χ0n) is 11.6. The van der Waals surface area contributed by atoms with Crippen LogP contribution in [-0.2, 0) is 10.0 Å². The van der Waals surface area contributed by atoms with Crippen molar-refractivity contribution in [2.75, 3.05) is 0 Å². The molecule has 1 aromatic heterocycles. The standard InChI is InChI=1S/C12H18ClN3O3S2/c1-8-7-9(20-10(8)13)21(18,19)16-12(11(14)15-17)5-3-2-4-6-12/h7,16-17H,2-6H2,1H3,(H2,14,15). The Morgan fingerprint density at radius 2 is 2.10 bits per heavy atom. The molecule has 1 aliphatic carbocycles. The highest BCUT2D eigenvalue weighted by Gasteiger charge is 2.41. The van der Waals surface area contributed by atoms with E-state index in [4.69, 9.17) is 22.5 Å². The second kappa shape index (κ2) is 6.12. The predicted octanol–water partition coefficient (Wildman–Crippen LogP) is 2.44. The summed E-state index contributed by atoms with van der Waals surface area (Å²) < 4.78 is 28.3. The van der Waals surface area contributed by atoms with Gasteiger partial charge in [0.1, 0.15) is 4.21 Å². The van der Waals surface area contributed by atoms with E-state index in [-0.39, 0.29) is 10.0 Å². The maximum Gasteiger partial charge on any atom is 0.251 e. The minimum Gasteiger partial charge on any atom is -0.409 e. The number of amidine groups is 1. The highest BCUT2D eigenvalue weighted by atomic mass is 35.5. The Morgan fingerprint density at radius 3 is 2.57 bits per heavy atom. The Kier molecular flexibility index (Phi) is 4.82. The van der Waals surface area contributed by atoms with E-state index >= 15 is 0 Å². The van der Waals surface area contributed by atoms with E-state index in [9.17, 15) is 8.42 Å². The van der Waals surface area contributed by atoms with Crippen LogP contribution >= 0.6 is 22.9 Å². The number of halogens is 1. The smallest absolute Gasteiger partial charge is 0.251 e. The predicted molar refractivity (Wildman–Crippen MR) is 83.6 cm³/mol. The fourth-order valence-electron chi connectivity index (χ4n) is 2.53. The molecule has 0 unspecified atom stereocenters. The molecule has 118 valence electrons. The van der Waals surface area contributed by atoms with Gasteiger partial charge in [-0.3, -0.25) is 0 Å². The number of hydrogen-bond acceptors (Lipinski definition) is 5. The molecule has 1 heterocycles. The summed E-state index contributed by atoms with van der Waals surface area (Å²) in [4.78, 5) is 0. The van der Waals surface area contributed by atoms with Crippen molar-refractivity contribution in [2.45, 2.75) is 48.8 Å². The average molecular weight is 352 g/mol. The topological polar surface area (TPSA) is 105 Å². The summed E-state index contributed by atoms with van der Waals surface area (Å²) >= 11 is 6.94. The first-order chi connectivity index (χ1) is 9.81. The molecule has 2 rings (SSSR count). The van der Waals surface area contributed by atoms with Gasteiger partial charge in [0.25, 0.3) is 10.0 Å². The molecule has 0 radical (unpaired) electrons. The molecule has 1 saturated carbocycles. The number of oxime groups is 1. The van der Waals surface area contributed by atoms with E-state index in [0.29, 0.717) is 22.7 Å². The van der Waals surface area contributed by atoms with E-state index < -0.39 is 15.6 Å². The van der Waals surface area contributed by atoms with Crippen LogP contribution in [0, 0.1) is 6.92 Å². The van der Waals surface area contributed by atoms with Gasteiger partial charge in [-0.1, -0.05) is 36.0 Å². The number of thiophene rings is 1. The molecule has 1 fully saturated rings. The Hall–Kier alpha value is -0.830. The van der Waals surface area contributed by atoms with Gasteiger partial charge in [-0.15, -0.1) is 11.3 Å². The number of rotatable bonds is 4. The molecule has 1 aromatic rings. The van der Waals surface area contributed by atoms with Crippen LogP contribution in [0.4, 0.5) is 0 Å². The molecule has 0 saturated heterocycles. The van der Waals surface area contributed by atoms with Crippen molar-refractivity contribution in [3.05, 3.63) is 16.0 Å². The molecule has 0 aliphatic heterocycles. The normalized spacial score (nSPS) is 19.6. The van der Waals surface area contributed by atoms with E-state index in [0.717, 1.165) is 30.6 Å². The van der Waals surface area contributed by atoms with Gasteiger partial charge >= 0.3 is 0 Å². The van der Waals surface area contributed by atoms with Crippen LogP contribution < -0.4 is 10.5 Å². The molecule has 1 aliphatic rings. The van der Waals surface area contributed by atoms with Crippen LogP contribution in [0.3, 0.4) is 0 Å². The summed E-state index contributed by atoms with van der Waals surface area (Å²) in [5.74, 6) is -0.0925. The zero-order valence-corrected chi connectivity index (χ0v) is 14.0. The van der Waals surface area contributed by atoms with Crippen LogP contribution in [0.5, 0.6) is 0 Å². The number of sulfonamides is 1. The van der Waals surface area contributed by atoms with E-state index in [1.54, 1.807) is 6.92 Å². The van der Waals surface area contributed by atoms with Crippen LogP contribution in [-0.4, -0.2) is 25.0 Å². The van der Waals surface area contributed by atoms with E-state index in [2.05, 4.69) is 9.88 Å². The van der Waals surface area contributed by atoms with Gasteiger partial charge in [-0.2, -0.15) is 4.72 Å². The summed E-state index contributed by atoms with van der Waals surface area (Å²) in [5, 5.41) is 12.0. The van der Waals surface area contributed by atoms with Crippen molar-refractivity contribution >= 4 is 38.8 Å². The van der Waals surface area contributed by atoms with Crippen molar-refractivity contribution in [1.82, 2.24) is 4.72 Å². The van der Waals surface area contributed by atoms with E-state index in [1.807, 2.05) is 0 Å². The van der Waals surface area contributed by atoms with Gasteiger partial charge < -0.3 is 10.9 Å². The van der Waals surface area contributed by atoms with Gasteiger partial charge in [0, 0.05) is 0 Å². The third-order valence-electron chi connectivity index (χ3n) is 3.73. The Balaban J connectivity index is 2.35. The van der Waals surface area contributed by atoms with Gasteiger partial charge in [0.15, 0.2) is 5.84 Å². The van der Waals surface area contributed by atoms with Crippen molar-refractivity contribution < 1.29 is 13.6 Å². The largest absolute Gasteiger partial charge is 0.409 e. The fraction of sp³-hybridized carbons (Fsp3) is 0.583. The van der Waals surface area contributed by atoms with Crippen molar-refractivity contribution in [3.63, 3.8) is 0 Å². The van der Waals surface area contributed by atoms with Crippen molar-refractivity contribution in [1.29, 1.82) is 0 Å². The molecule has 0 spiro atoms. The number of hydrogen-bond donors (Lipinski definition) is 3. The first kappa shape index (κ1) is 16.5. The number of aryl methyl sites for hydroxylation is 1. The second-order valence-electron chi connectivity index (χ2n) is 5.26. The van der Waals surface area contributed by atoms with Crippen molar-refractivity contribution in [3.8, 4) is 0 Å². The van der Waals surface area contributed by atoms with Crippen LogP contribution in [0.25, 0.3) is 0 Å². The summed E-state index contributed by atoms with van der Waals surface area (Å²) in [5.41, 5.74) is 5.45. The SMILES string of the molecule is Cc1cc(S(=O)(=O)NC2(/C(N)=N/O)CCCCC2)sc1Cl. The lowest BCUT2D eigenvalue weighted by Crippen LogP contribution is -2.58. The Morgan fingerprint density at radius 1 is 1.48 bits per heavy atom. The zero-order chi connectivity index (χ0) is 15.7. The summed E-state index contributed by atoms with van der Waals surface area (Å²) in [6, 6.07) is 1.53. The van der Waals surface area contributed by atoms with Crippen LogP contribution in [0.2, 0.25) is 4.34 Å². The third kappa shape index (κ3) is 3.33. The number of nitrogens with two attached hydrogens (primary N) is 1. The lowest BCUT2D eigenvalue weighted by atomic mass is 9.82.